The molecule has 5 heteroatoms. The first-order chi connectivity index (χ1) is 10.1. The summed E-state index contributed by atoms with van der Waals surface area (Å²) in [6.45, 7) is 4.56. The lowest BCUT2D eigenvalue weighted by Crippen LogP contribution is -2.07. The number of hydrogen-bond donors (Lipinski definition) is 2. The van der Waals surface area contributed by atoms with Gasteiger partial charge >= 0.3 is 0 Å². The number of hydrogen-bond acceptors (Lipinski definition) is 5. The molecule has 0 bridgehead atoms. The highest BCUT2D eigenvalue weighted by Gasteiger charge is 2.09. The summed E-state index contributed by atoms with van der Waals surface area (Å²) in [4.78, 5) is 4.21. The molecular formula is C16H20N2O3. The number of pyridine rings is 1. The number of rotatable bonds is 6. The Balaban J connectivity index is 2.08. The zero-order valence-electron chi connectivity index (χ0n) is 12.5. The molecule has 1 unspecified atom stereocenters. The van der Waals surface area contributed by atoms with Crippen LogP contribution in [0, 0.1) is 0 Å². The highest BCUT2D eigenvalue weighted by molar-refractivity contribution is 5.47. The number of nitrogens with zero attached hydrogens (tertiary/aromatic N) is 1. The fourth-order valence-corrected chi connectivity index (χ4v) is 2.00. The van der Waals surface area contributed by atoms with Crippen LogP contribution in [-0.4, -0.2) is 23.8 Å². The first-order valence-corrected chi connectivity index (χ1v) is 6.86. The summed E-state index contributed by atoms with van der Waals surface area (Å²) in [6.07, 6.45) is 1.74. The molecule has 5 nitrogen and oxygen atoms in total. The molecule has 0 saturated heterocycles. The Bertz CT molecular complexity index is 585. The van der Waals surface area contributed by atoms with E-state index in [4.69, 9.17) is 9.47 Å². The van der Waals surface area contributed by atoms with Gasteiger partial charge in [0, 0.05) is 12.1 Å². The Morgan fingerprint density at radius 1 is 1.29 bits per heavy atom. The number of aromatic nitrogens is 1. The van der Waals surface area contributed by atoms with Crippen molar-refractivity contribution in [3.63, 3.8) is 0 Å². The molecule has 21 heavy (non-hydrogen) atoms. The van der Waals surface area contributed by atoms with Crippen LogP contribution < -0.4 is 14.8 Å². The van der Waals surface area contributed by atoms with Gasteiger partial charge < -0.3 is 19.9 Å². The molecule has 1 aromatic carbocycles. The number of ether oxygens (including phenoxy) is 2. The molecule has 0 spiro atoms. The van der Waals surface area contributed by atoms with Crippen molar-refractivity contribution >= 4 is 5.69 Å². The van der Waals surface area contributed by atoms with Gasteiger partial charge in [0.15, 0.2) is 11.5 Å². The normalized spacial score (nSPS) is 11.8. The van der Waals surface area contributed by atoms with E-state index < -0.39 is 0 Å². The number of phenols is 1. The summed E-state index contributed by atoms with van der Waals surface area (Å²) < 4.78 is 10.4. The van der Waals surface area contributed by atoms with Gasteiger partial charge in [-0.15, -0.1) is 0 Å². The van der Waals surface area contributed by atoms with Crippen molar-refractivity contribution in [2.45, 2.75) is 19.9 Å². The van der Waals surface area contributed by atoms with Crippen LogP contribution in [0.5, 0.6) is 17.4 Å². The van der Waals surface area contributed by atoms with Crippen LogP contribution in [0.2, 0.25) is 0 Å². The summed E-state index contributed by atoms with van der Waals surface area (Å²) in [5, 5.41) is 13.0. The fourth-order valence-electron chi connectivity index (χ4n) is 2.00. The molecule has 0 aliphatic heterocycles. The van der Waals surface area contributed by atoms with E-state index in [2.05, 4.69) is 10.3 Å². The third kappa shape index (κ3) is 3.78. The lowest BCUT2D eigenvalue weighted by Gasteiger charge is -2.17. The lowest BCUT2D eigenvalue weighted by molar-refractivity contribution is 0.327. The molecule has 1 atom stereocenters. The molecule has 0 aliphatic carbocycles. The van der Waals surface area contributed by atoms with Crippen molar-refractivity contribution < 1.29 is 14.6 Å². The summed E-state index contributed by atoms with van der Waals surface area (Å²) >= 11 is 0. The average molecular weight is 288 g/mol. The number of aromatic hydroxyl groups is 1. The Hall–Kier alpha value is -2.43. The molecule has 1 aromatic heterocycles. The summed E-state index contributed by atoms with van der Waals surface area (Å²) in [5.41, 5.74) is 1.91. The third-order valence-corrected chi connectivity index (χ3v) is 3.12. The minimum Gasteiger partial charge on any atom is -0.504 e. The summed E-state index contributed by atoms with van der Waals surface area (Å²) in [6, 6.07) is 9.11. The topological polar surface area (TPSA) is 63.6 Å². The first-order valence-electron chi connectivity index (χ1n) is 6.86. The zero-order valence-corrected chi connectivity index (χ0v) is 12.5. The zero-order chi connectivity index (χ0) is 15.2. The van der Waals surface area contributed by atoms with Crippen LogP contribution in [0.1, 0.15) is 25.5 Å². The van der Waals surface area contributed by atoms with Crippen LogP contribution in [0.4, 0.5) is 5.69 Å². The van der Waals surface area contributed by atoms with Gasteiger partial charge in [-0.2, -0.15) is 0 Å². The quantitative estimate of drug-likeness (QED) is 0.853. The molecule has 2 N–H and O–H groups in total. The predicted octanol–water partition coefficient (Wildman–Crippen LogP) is 3.37. The van der Waals surface area contributed by atoms with Crippen molar-refractivity contribution in [3.05, 3.63) is 42.1 Å². The Labute approximate surface area is 124 Å². The summed E-state index contributed by atoms with van der Waals surface area (Å²) in [7, 11) is 1.54. The number of nitrogens with one attached hydrogen (secondary N) is 1. The highest BCUT2D eigenvalue weighted by atomic mass is 16.5. The molecule has 0 radical (unpaired) electrons. The second-order valence-corrected chi connectivity index (χ2v) is 4.62. The van der Waals surface area contributed by atoms with E-state index >= 15 is 0 Å². The molecule has 2 rings (SSSR count). The molecule has 112 valence electrons. The molecule has 0 aliphatic rings. The molecular weight excluding hydrogens is 268 g/mol. The van der Waals surface area contributed by atoms with Gasteiger partial charge in [-0.25, -0.2) is 4.98 Å². The van der Waals surface area contributed by atoms with Crippen LogP contribution >= 0.6 is 0 Å². The fraction of sp³-hybridized carbons (Fsp3) is 0.312. The maximum Gasteiger partial charge on any atom is 0.213 e. The predicted molar refractivity (Wildman–Crippen MR) is 82.1 cm³/mol. The van der Waals surface area contributed by atoms with Crippen LogP contribution in [0.15, 0.2) is 36.5 Å². The van der Waals surface area contributed by atoms with Gasteiger partial charge in [0.1, 0.15) is 0 Å². The minimum atomic E-state index is 0.0549. The standard InChI is InChI=1S/C16H20N2O3/c1-4-21-16-8-6-13(10-17-16)18-11(2)12-5-7-14(19)15(9-12)20-3/h5-11,18-19H,4H2,1-3H3. The maximum absolute atomic E-state index is 9.62. The van der Waals surface area contributed by atoms with Crippen molar-refractivity contribution in [2.75, 3.05) is 19.0 Å². The van der Waals surface area contributed by atoms with Gasteiger partial charge in [0.05, 0.1) is 25.6 Å². The van der Waals surface area contributed by atoms with E-state index in [1.54, 1.807) is 12.3 Å². The van der Waals surface area contributed by atoms with Crippen molar-refractivity contribution in [1.82, 2.24) is 4.98 Å². The largest absolute Gasteiger partial charge is 0.504 e. The number of phenolic OH excluding ortho intramolecular Hbond substituents is 1. The van der Waals surface area contributed by atoms with Crippen LogP contribution in [0.25, 0.3) is 0 Å². The maximum atomic E-state index is 9.62. The molecule has 2 aromatic rings. The second kappa shape index (κ2) is 6.83. The highest BCUT2D eigenvalue weighted by Crippen LogP contribution is 2.30. The molecule has 1 heterocycles. The van der Waals surface area contributed by atoms with Crippen molar-refractivity contribution in [3.8, 4) is 17.4 Å². The van der Waals surface area contributed by atoms with Crippen molar-refractivity contribution in [2.24, 2.45) is 0 Å². The van der Waals surface area contributed by atoms with Gasteiger partial charge in [-0.05, 0) is 37.6 Å². The van der Waals surface area contributed by atoms with E-state index in [-0.39, 0.29) is 11.8 Å². The third-order valence-electron chi connectivity index (χ3n) is 3.12. The molecule has 0 fully saturated rings. The Morgan fingerprint density at radius 3 is 2.71 bits per heavy atom. The van der Waals surface area contributed by atoms with Crippen molar-refractivity contribution in [1.29, 1.82) is 0 Å². The van der Waals surface area contributed by atoms with Gasteiger partial charge in [0.25, 0.3) is 0 Å². The number of anilines is 1. The van der Waals surface area contributed by atoms with Gasteiger partial charge in [-0.1, -0.05) is 6.07 Å². The molecule has 0 amide bonds. The van der Waals surface area contributed by atoms with E-state index in [9.17, 15) is 5.11 Å². The van der Waals surface area contributed by atoms with Crippen LogP contribution in [0.3, 0.4) is 0 Å². The SMILES string of the molecule is CCOc1ccc(NC(C)c2ccc(O)c(OC)c2)cn1. The van der Waals surface area contributed by atoms with Gasteiger partial charge in [0.2, 0.25) is 5.88 Å². The monoisotopic (exact) mass is 288 g/mol. The summed E-state index contributed by atoms with van der Waals surface area (Å²) in [5.74, 6) is 1.21. The van der Waals surface area contributed by atoms with Gasteiger partial charge in [-0.3, -0.25) is 0 Å². The smallest absolute Gasteiger partial charge is 0.213 e. The minimum absolute atomic E-state index is 0.0549. The average Bonchev–Trinajstić information content (AvgIpc) is 2.50. The Kier molecular flexibility index (Phi) is 4.87. The van der Waals surface area contributed by atoms with E-state index in [1.807, 2.05) is 38.1 Å². The Morgan fingerprint density at radius 2 is 2.10 bits per heavy atom. The molecule has 0 saturated carbocycles. The first kappa shape index (κ1) is 15.0. The lowest BCUT2D eigenvalue weighted by atomic mass is 10.1. The van der Waals surface area contributed by atoms with E-state index in [0.29, 0.717) is 18.2 Å². The number of benzene rings is 1. The number of methoxy groups -OCH3 is 1. The van der Waals surface area contributed by atoms with Crippen LogP contribution in [-0.2, 0) is 0 Å². The van der Waals surface area contributed by atoms with E-state index in [0.717, 1.165) is 11.3 Å². The van der Waals surface area contributed by atoms with E-state index in [1.165, 1.54) is 7.11 Å². The second-order valence-electron chi connectivity index (χ2n) is 4.62.